The minimum absolute atomic E-state index is 0.0179. The Kier molecular flexibility index (Phi) is 4.95. The van der Waals surface area contributed by atoms with Crippen LogP contribution < -0.4 is 0 Å². The van der Waals surface area contributed by atoms with E-state index in [1.807, 2.05) is 19.1 Å². The Balaban J connectivity index is 1.55. The van der Waals surface area contributed by atoms with Gasteiger partial charge in [-0.3, -0.25) is 9.59 Å². The Morgan fingerprint density at radius 3 is 2.31 bits per heavy atom. The Labute approximate surface area is 191 Å². The summed E-state index contributed by atoms with van der Waals surface area (Å²) in [6.45, 7) is 1.95. The largest absolute Gasteiger partial charge is 0.329 e. The fourth-order valence-electron chi connectivity index (χ4n) is 4.28. The Bertz CT molecular complexity index is 1360. The average molecular weight is 466 g/mol. The maximum atomic E-state index is 13.6. The Morgan fingerprint density at radius 1 is 0.969 bits per heavy atom. The molecule has 162 valence electrons. The molecule has 1 fully saturated rings. The van der Waals surface area contributed by atoms with Crippen molar-refractivity contribution in [3.05, 3.63) is 94.0 Å². The molecule has 0 N–H and O–H groups in total. The van der Waals surface area contributed by atoms with Gasteiger partial charge >= 0.3 is 0 Å². The predicted molar refractivity (Wildman–Crippen MR) is 121 cm³/mol. The van der Waals surface area contributed by atoms with Gasteiger partial charge in [-0.15, -0.1) is 0 Å². The third-order valence-corrected chi connectivity index (χ3v) is 8.23. The van der Waals surface area contributed by atoms with E-state index in [0.717, 1.165) is 18.4 Å². The number of carbonyl (C=O) groups excluding carboxylic acids is 2. The highest BCUT2D eigenvalue weighted by Crippen LogP contribution is 2.38. The summed E-state index contributed by atoms with van der Waals surface area (Å²) >= 11 is 6.01. The molecular weight excluding hydrogens is 446 g/mol. The highest BCUT2D eigenvalue weighted by atomic mass is 35.5. The van der Waals surface area contributed by atoms with Crippen LogP contribution in [0.3, 0.4) is 0 Å². The number of hydrogen-bond donors (Lipinski definition) is 0. The molecule has 0 radical (unpaired) electrons. The standard InChI is InChI=1S/C25H20ClNO4S/c1-15(16-6-9-18(26)10-7-16)27(19-11-12-19)25(29)17-8-13-21-23(14-17)32(30,31)22-5-3-2-4-20(22)24(21)28/h2-10,13-15,19H,11-12H2,1H3. The smallest absolute Gasteiger partial charge is 0.254 e. The van der Waals surface area contributed by atoms with Crippen molar-refractivity contribution in [3.63, 3.8) is 0 Å². The van der Waals surface area contributed by atoms with Crippen LogP contribution in [-0.4, -0.2) is 31.0 Å². The van der Waals surface area contributed by atoms with Gasteiger partial charge in [0.2, 0.25) is 9.84 Å². The molecule has 1 amide bonds. The van der Waals surface area contributed by atoms with E-state index in [1.165, 1.54) is 24.3 Å². The molecule has 0 aromatic heterocycles. The number of sulfone groups is 1. The van der Waals surface area contributed by atoms with E-state index in [9.17, 15) is 18.0 Å². The summed E-state index contributed by atoms with van der Waals surface area (Å²) in [7, 11) is -3.90. The number of benzene rings is 3. The summed E-state index contributed by atoms with van der Waals surface area (Å²) < 4.78 is 26.5. The van der Waals surface area contributed by atoms with Gasteiger partial charge < -0.3 is 4.90 Å². The molecule has 2 aliphatic rings. The monoisotopic (exact) mass is 465 g/mol. The van der Waals surface area contributed by atoms with Crippen LogP contribution in [0.2, 0.25) is 5.02 Å². The molecule has 1 unspecified atom stereocenters. The van der Waals surface area contributed by atoms with Crippen molar-refractivity contribution in [3.8, 4) is 0 Å². The number of nitrogens with zero attached hydrogens (tertiary/aromatic N) is 1. The quantitative estimate of drug-likeness (QED) is 0.421. The van der Waals surface area contributed by atoms with Gasteiger partial charge in [-0.1, -0.05) is 35.9 Å². The van der Waals surface area contributed by atoms with Crippen LogP contribution >= 0.6 is 11.6 Å². The van der Waals surface area contributed by atoms with Crippen molar-refractivity contribution in [1.29, 1.82) is 0 Å². The lowest BCUT2D eigenvalue weighted by atomic mass is 10.00. The van der Waals surface area contributed by atoms with Crippen LogP contribution in [0.15, 0.2) is 76.5 Å². The summed E-state index contributed by atoms with van der Waals surface area (Å²) in [5, 5.41) is 0.620. The molecular formula is C25H20ClNO4S. The third kappa shape index (κ3) is 3.34. The first-order valence-corrected chi connectivity index (χ1v) is 12.3. The molecule has 3 aromatic rings. The van der Waals surface area contributed by atoms with Gasteiger partial charge in [-0.05, 0) is 67.8 Å². The lowest BCUT2D eigenvalue weighted by Gasteiger charge is -2.30. The van der Waals surface area contributed by atoms with Gasteiger partial charge in [0.05, 0.1) is 15.8 Å². The van der Waals surface area contributed by atoms with E-state index in [-0.39, 0.29) is 50.3 Å². The molecule has 3 aromatic carbocycles. The molecule has 7 heteroatoms. The molecule has 0 spiro atoms. The van der Waals surface area contributed by atoms with E-state index in [2.05, 4.69) is 0 Å². The van der Waals surface area contributed by atoms with Crippen molar-refractivity contribution in [1.82, 2.24) is 4.90 Å². The number of halogens is 1. The fraction of sp³-hybridized carbons (Fsp3) is 0.200. The van der Waals surface area contributed by atoms with Crippen molar-refractivity contribution in [2.45, 2.75) is 41.6 Å². The minimum Gasteiger partial charge on any atom is -0.329 e. The van der Waals surface area contributed by atoms with E-state index in [0.29, 0.717) is 5.02 Å². The van der Waals surface area contributed by atoms with Crippen LogP contribution in [0.4, 0.5) is 0 Å². The van der Waals surface area contributed by atoms with E-state index in [1.54, 1.807) is 35.2 Å². The molecule has 0 saturated heterocycles. The zero-order valence-electron chi connectivity index (χ0n) is 17.3. The van der Waals surface area contributed by atoms with Crippen LogP contribution in [0.5, 0.6) is 0 Å². The molecule has 1 atom stereocenters. The molecule has 5 nitrogen and oxygen atoms in total. The van der Waals surface area contributed by atoms with Gasteiger partial charge in [0.15, 0.2) is 5.78 Å². The lowest BCUT2D eigenvalue weighted by Crippen LogP contribution is -2.35. The predicted octanol–water partition coefficient (Wildman–Crippen LogP) is 5.08. The Morgan fingerprint density at radius 2 is 1.62 bits per heavy atom. The summed E-state index contributed by atoms with van der Waals surface area (Å²) in [4.78, 5) is 28.1. The van der Waals surface area contributed by atoms with Gasteiger partial charge in [0, 0.05) is 27.8 Å². The van der Waals surface area contributed by atoms with Crippen molar-refractivity contribution in [2.24, 2.45) is 0 Å². The fourth-order valence-corrected chi connectivity index (χ4v) is 6.08. The molecule has 1 heterocycles. The van der Waals surface area contributed by atoms with Gasteiger partial charge in [0.25, 0.3) is 5.91 Å². The maximum Gasteiger partial charge on any atom is 0.254 e. The molecule has 32 heavy (non-hydrogen) atoms. The van der Waals surface area contributed by atoms with Gasteiger partial charge in [-0.2, -0.15) is 0 Å². The lowest BCUT2D eigenvalue weighted by molar-refractivity contribution is 0.0673. The molecule has 0 bridgehead atoms. The molecule has 5 rings (SSSR count). The van der Waals surface area contributed by atoms with Crippen LogP contribution in [0.1, 0.15) is 57.7 Å². The number of fused-ring (bicyclic) bond motifs is 2. The second-order valence-corrected chi connectivity index (χ2v) is 10.5. The number of carbonyl (C=O) groups is 2. The van der Waals surface area contributed by atoms with E-state index < -0.39 is 9.84 Å². The third-order valence-electron chi connectivity index (χ3n) is 6.13. The highest BCUT2D eigenvalue weighted by Gasteiger charge is 2.39. The highest BCUT2D eigenvalue weighted by molar-refractivity contribution is 7.91. The second-order valence-electron chi connectivity index (χ2n) is 8.21. The SMILES string of the molecule is CC(c1ccc(Cl)cc1)N(C(=O)c1ccc2c(c1)S(=O)(=O)c1ccccc1C2=O)C1CC1. The van der Waals surface area contributed by atoms with Crippen molar-refractivity contribution in [2.75, 3.05) is 0 Å². The average Bonchev–Trinajstić information content (AvgIpc) is 3.63. The van der Waals surface area contributed by atoms with Crippen molar-refractivity contribution < 1.29 is 18.0 Å². The summed E-state index contributed by atoms with van der Waals surface area (Å²) in [6.07, 6.45) is 1.80. The number of amides is 1. The number of ketones is 1. The molecule has 1 saturated carbocycles. The summed E-state index contributed by atoms with van der Waals surface area (Å²) in [6, 6.07) is 17.8. The summed E-state index contributed by atoms with van der Waals surface area (Å²) in [5.41, 5.74) is 1.47. The summed E-state index contributed by atoms with van der Waals surface area (Å²) in [5.74, 6) is -0.600. The van der Waals surface area contributed by atoms with Crippen molar-refractivity contribution >= 4 is 33.1 Å². The van der Waals surface area contributed by atoms with Crippen LogP contribution in [-0.2, 0) is 9.84 Å². The first-order valence-electron chi connectivity index (χ1n) is 10.4. The molecule has 1 aliphatic heterocycles. The number of hydrogen-bond acceptors (Lipinski definition) is 4. The van der Waals surface area contributed by atoms with Gasteiger partial charge in [-0.25, -0.2) is 8.42 Å². The topological polar surface area (TPSA) is 71.5 Å². The van der Waals surface area contributed by atoms with E-state index in [4.69, 9.17) is 11.6 Å². The van der Waals surface area contributed by atoms with Gasteiger partial charge in [0.1, 0.15) is 0 Å². The normalized spacial score (nSPS) is 17.2. The van der Waals surface area contributed by atoms with E-state index >= 15 is 0 Å². The second kappa shape index (κ2) is 7.57. The first-order chi connectivity index (χ1) is 15.3. The number of rotatable bonds is 4. The minimum atomic E-state index is -3.90. The van der Waals surface area contributed by atoms with Crippen LogP contribution in [0, 0.1) is 0 Å². The first kappa shape index (κ1) is 20.9. The van der Waals surface area contributed by atoms with Crippen LogP contribution in [0.25, 0.3) is 0 Å². The Hall–Kier alpha value is -2.96. The zero-order chi connectivity index (χ0) is 22.6. The molecule has 1 aliphatic carbocycles. The maximum absolute atomic E-state index is 13.6. The zero-order valence-corrected chi connectivity index (χ0v) is 18.9.